The number of amides is 1. The van der Waals surface area contributed by atoms with Crippen molar-refractivity contribution in [2.75, 3.05) is 17.7 Å². The molecular formula is C23H19F2N6O7P. The minimum atomic E-state index is -5.06. The number of halogens is 2. The second-order valence-electron chi connectivity index (χ2n) is 7.98. The third kappa shape index (κ3) is 6.23. The summed E-state index contributed by atoms with van der Waals surface area (Å²) in [5.74, 6) is -4.47. The molecule has 0 fully saturated rings. The highest BCUT2D eigenvalue weighted by atomic mass is 31.2. The van der Waals surface area contributed by atoms with E-state index in [4.69, 9.17) is 15.6 Å². The maximum absolute atomic E-state index is 14.6. The van der Waals surface area contributed by atoms with Crippen LogP contribution in [0.3, 0.4) is 0 Å². The van der Waals surface area contributed by atoms with Crippen LogP contribution in [0.15, 0.2) is 55.1 Å². The number of rotatable bonds is 9. The van der Waals surface area contributed by atoms with Crippen molar-refractivity contribution in [1.29, 1.82) is 0 Å². The second-order valence-corrected chi connectivity index (χ2v) is 9.55. The van der Waals surface area contributed by atoms with E-state index in [2.05, 4.69) is 20.5 Å². The van der Waals surface area contributed by atoms with Crippen LogP contribution in [-0.2, 0) is 11.0 Å². The summed E-state index contributed by atoms with van der Waals surface area (Å²) in [6.45, 7) is -0.330. The summed E-state index contributed by atoms with van der Waals surface area (Å²) in [4.78, 5) is 47.0. The molecule has 0 saturated heterocycles. The molecule has 2 aromatic carbocycles. The Kier molecular flexibility index (Phi) is 7.67. The molecule has 4 aromatic rings. The number of imidazole rings is 1. The highest BCUT2D eigenvalue weighted by Crippen LogP contribution is 2.39. The topological polar surface area (TPSA) is 203 Å². The minimum Gasteiger partial charge on any atom is -0.490 e. The third-order valence-corrected chi connectivity index (χ3v) is 6.34. The molecule has 0 unspecified atom stereocenters. The average molecular weight is 560 g/mol. The molecule has 0 atom stereocenters. The summed E-state index contributed by atoms with van der Waals surface area (Å²) in [5, 5.41) is 18.1. The molecule has 0 bridgehead atoms. The largest absolute Gasteiger partial charge is 0.490 e. The summed E-state index contributed by atoms with van der Waals surface area (Å²) in [6, 6.07) is 6.02. The fraction of sp³-hybridized carbons (Fsp3) is 0.0870. The summed E-state index contributed by atoms with van der Waals surface area (Å²) in [6.07, 6.45) is 4.42. The molecule has 13 nitrogen and oxygen atoms in total. The number of carboxylic acids is 1. The molecule has 16 heteroatoms. The highest BCUT2D eigenvalue weighted by Gasteiger charge is 2.26. The van der Waals surface area contributed by atoms with Gasteiger partial charge in [0.25, 0.3) is 5.91 Å². The molecule has 6 N–H and O–H groups in total. The number of benzene rings is 2. The van der Waals surface area contributed by atoms with Gasteiger partial charge in [0.2, 0.25) is 0 Å². The molecule has 1 amide bonds. The second kappa shape index (κ2) is 10.9. The molecular weight excluding hydrogens is 541 g/mol. The van der Waals surface area contributed by atoms with Crippen LogP contribution in [-0.4, -0.2) is 53.1 Å². The molecule has 0 radical (unpaired) electrons. The van der Waals surface area contributed by atoms with E-state index in [9.17, 15) is 32.7 Å². The van der Waals surface area contributed by atoms with Crippen molar-refractivity contribution in [2.24, 2.45) is 0 Å². The van der Waals surface area contributed by atoms with Crippen LogP contribution < -0.4 is 21.1 Å². The van der Waals surface area contributed by atoms with Crippen LogP contribution in [0.5, 0.6) is 5.75 Å². The van der Waals surface area contributed by atoms with Gasteiger partial charge in [-0.25, -0.2) is 18.6 Å². The third-order valence-electron chi connectivity index (χ3n) is 5.34. The van der Waals surface area contributed by atoms with Gasteiger partial charge in [0.05, 0.1) is 23.2 Å². The van der Waals surface area contributed by atoms with E-state index in [0.29, 0.717) is 11.9 Å². The smallest absolute Gasteiger partial charge is 0.358 e. The highest BCUT2D eigenvalue weighted by molar-refractivity contribution is 7.60. The molecule has 202 valence electrons. The predicted molar refractivity (Wildman–Crippen MR) is 132 cm³/mol. The summed E-state index contributed by atoms with van der Waals surface area (Å²) in [5.41, 5.74) is 4.37. The van der Waals surface area contributed by atoms with Gasteiger partial charge in [-0.05, 0) is 35.9 Å². The van der Waals surface area contributed by atoms with Gasteiger partial charge < -0.3 is 30.7 Å². The van der Waals surface area contributed by atoms with Crippen molar-refractivity contribution in [2.45, 2.75) is 6.42 Å². The van der Waals surface area contributed by atoms with Crippen molar-refractivity contribution in [3.63, 3.8) is 0 Å². The Morgan fingerprint density at radius 1 is 1.10 bits per heavy atom. The van der Waals surface area contributed by atoms with Crippen LogP contribution in [0.4, 0.5) is 20.2 Å². The zero-order chi connectivity index (χ0) is 28.3. The van der Waals surface area contributed by atoms with Crippen molar-refractivity contribution >= 4 is 36.2 Å². The summed E-state index contributed by atoms with van der Waals surface area (Å²) >= 11 is 0. The molecule has 0 spiro atoms. The fourth-order valence-electron chi connectivity index (χ4n) is 3.44. The van der Waals surface area contributed by atoms with Crippen LogP contribution >= 0.6 is 7.60 Å². The Morgan fingerprint density at radius 2 is 1.87 bits per heavy atom. The number of carbonyl (C=O) groups excluding carboxylic acids is 1. The first-order chi connectivity index (χ1) is 18.4. The lowest BCUT2D eigenvalue weighted by molar-refractivity contribution is 0.0697. The standard InChI is InChI=1S/C23H19F2N6O7P/c24-14-8-13(23(33)34)16(26)7-12(14)3-6-38-19-10-18(20(9-15(19)25)39(35,36)37)28-22(32)17-1-2-21(30-29-17)31-5-4-27-11-31/h1-2,4-5,7-11H,3,6,26H2,(H,28,32)(H,33,34)(H2,35,36,37). The van der Waals surface area contributed by atoms with E-state index in [1.54, 1.807) is 6.20 Å². The van der Waals surface area contributed by atoms with Gasteiger partial charge in [-0.15, -0.1) is 10.2 Å². The average Bonchev–Trinajstić information content (AvgIpc) is 3.42. The van der Waals surface area contributed by atoms with Crippen molar-refractivity contribution < 1.29 is 42.6 Å². The fourth-order valence-corrected chi connectivity index (χ4v) is 4.16. The predicted octanol–water partition coefficient (Wildman–Crippen LogP) is 1.90. The lowest BCUT2D eigenvalue weighted by Gasteiger charge is -2.15. The number of carboxylic acid groups (broad SMARTS) is 1. The Morgan fingerprint density at radius 3 is 2.49 bits per heavy atom. The minimum absolute atomic E-state index is 0.00372. The molecule has 0 aliphatic carbocycles. The van der Waals surface area contributed by atoms with Crippen LogP contribution in [0.1, 0.15) is 26.4 Å². The first-order valence-electron chi connectivity index (χ1n) is 10.9. The van der Waals surface area contributed by atoms with Gasteiger partial charge in [0.15, 0.2) is 23.1 Å². The molecule has 2 heterocycles. The van der Waals surface area contributed by atoms with E-state index in [0.717, 1.165) is 18.2 Å². The normalized spacial score (nSPS) is 11.3. The van der Waals surface area contributed by atoms with Crippen molar-refractivity contribution in [3.8, 4) is 11.6 Å². The number of anilines is 2. The van der Waals surface area contributed by atoms with E-state index >= 15 is 0 Å². The Balaban J connectivity index is 1.53. The molecule has 2 aromatic heterocycles. The van der Waals surface area contributed by atoms with Crippen LogP contribution in [0, 0.1) is 11.6 Å². The quantitative estimate of drug-likeness (QED) is 0.148. The number of nitrogen functional groups attached to an aromatic ring is 1. The summed E-state index contributed by atoms with van der Waals surface area (Å²) in [7, 11) is -5.06. The zero-order valence-electron chi connectivity index (χ0n) is 19.7. The number of ether oxygens (including phenoxy) is 1. The van der Waals surface area contributed by atoms with Crippen LogP contribution in [0.2, 0.25) is 0 Å². The van der Waals surface area contributed by atoms with Gasteiger partial charge in [0.1, 0.15) is 12.1 Å². The zero-order valence-corrected chi connectivity index (χ0v) is 20.5. The number of carbonyl (C=O) groups is 2. The number of aromatic nitrogens is 4. The number of hydrogen-bond acceptors (Lipinski definition) is 8. The van der Waals surface area contributed by atoms with E-state index < -0.39 is 53.4 Å². The maximum Gasteiger partial charge on any atom is 0.358 e. The molecule has 0 aliphatic rings. The first-order valence-corrected chi connectivity index (χ1v) is 12.5. The molecule has 4 rings (SSSR count). The van der Waals surface area contributed by atoms with Gasteiger partial charge in [-0.2, -0.15) is 0 Å². The number of aromatic carboxylic acids is 1. The van der Waals surface area contributed by atoms with Gasteiger partial charge in [0, 0.05) is 30.6 Å². The van der Waals surface area contributed by atoms with Gasteiger partial charge in [-0.3, -0.25) is 13.9 Å². The van der Waals surface area contributed by atoms with Crippen molar-refractivity contribution in [3.05, 3.63) is 83.6 Å². The lowest BCUT2D eigenvalue weighted by atomic mass is 10.1. The molecule has 0 aliphatic heterocycles. The molecule has 0 saturated carbocycles. The van der Waals surface area contributed by atoms with E-state index in [1.807, 2.05) is 0 Å². The van der Waals surface area contributed by atoms with E-state index in [1.165, 1.54) is 29.2 Å². The Hall–Kier alpha value is -4.72. The summed E-state index contributed by atoms with van der Waals surface area (Å²) < 4.78 is 47.7. The van der Waals surface area contributed by atoms with Gasteiger partial charge in [-0.1, -0.05) is 0 Å². The maximum atomic E-state index is 14.6. The van der Waals surface area contributed by atoms with Gasteiger partial charge >= 0.3 is 13.6 Å². The van der Waals surface area contributed by atoms with E-state index in [-0.39, 0.29) is 30.0 Å². The molecule has 39 heavy (non-hydrogen) atoms. The lowest BCUT2D eigenvalue weighted by Crippen LogP contribution is -2.21. The number of nitrogens with one attached hydrogen (secondary N) is 1. The Bertz CT molecular complexity index is 1590. The van der Waals surface area contributed by atoms with Crippen LogP contribution in [0.25, 0.3) is 5.82 Å². The van der Waals surface area contributed by atoms with Crippen molar-refractivity contribution in [1.82, 2.24) is 19.7 Å². The SMILES string of the molecule is Nc1cc(CCOc2cc(NC(=O)c3ccc(-n4ccnc4)nn3)c(P(=O)(O)O)cc2F)c(F)cc1C(=O)O. The number of hydrogen-bond donors (Lipinski definition) is 5. The monoisotopic (exact) mass is 560 g/mol. The Labute approximate surface area is 218 Å². The number of nitrogens with zero attached hydrogens (tertiary/aromatic N) is 4. The first kappa shape index (κ1) is 27.3. The number of nitrogens with two attached hydrogens (primary N) is 1.